The van der Waals surface area contributed by atoms with Gasteiger partial charge in [0.1, 0.15) is 11.3 Å². The SMILES string of the molecule is CC1(C)OC(=O)C(=Cc2ccc(C3CC3)cc2O)C(=O)O1. The van der Waals surface area contributed by atoms with E-state index < -0.39 is 17.7 Å². The number of phenols is 1. The molecule has 0 bridgehead atoms. The number of hydrogen-bond donors (Lipinski definition) is 1. The van der Waals surface area contributed by atoms with Gasteiger partial charge in [-0.2, -0.15) is 0 Å². The normalized spacial score (nSPS) is 20.8. The number of hydrogen-bond acceptors (Lipinski definition) is 5. The molecule has 1 aliphatic carbocycles. The molecule has 110 valence electrons. The van der Waals surface area contributed by atoms with Crippen molar-refractivity contribution in [2.24, 2.45) is 0 Å². The quantitative estimate of drug-likeness (QED) is 0.514. The number of benzene rings is 1. The molecule has 21 heavy (non-hydrogen) atoms. The molecular weight excluding hydrogens is 272 g/mol. The predicted octanol–water partition coefficient (Wildman–Crippen LogP) is 2.49. The first-order valence-electron chi connectivity index (χ1n) is 6.87. The van der Waals surface area contributed by atoms with Gasteiger partial charge in [-0.3, -0.25) is 0 Å². The summed E-state index contributed by atoms with van der Waals surface area (Å²) in [7, 11) is 0. The highest BCUT2D eigenvalue weighted by atomic mass is 16.7. The Hall–Kier alpha value is -2.30. The summed E-state index contributed by atoms with van der Waals surface area (Å²) in [6, 6.07) is 5.26. The van der Waals surface area contributed by atoms with Gasteiger partial charge in [-0.1, -0.05) is 12.1 Å². The zero-order valence-electron chi connectivity index (χ0n) is 11.9. The Bertz CT molecular complexity index is 631. The van der Waals surface area contributed by atoms with E-state index in [0.717, 1.165) is 18.4 Å². The van der Waals surface area contributed by atoms with Gasteiger partial charge in [0, 0.05) is 19.4 Å². The summed E-state index contributed by atoms with van der Waals surface area (Å²) in [5.41, 5.74) is 1.25. The first-order chi connectivity index (χ1) is 9.85. The van der Waals surface area contributed by atoms with Crippen molar-refractivity contribution >= 4 is 18.0 Å². The second-order valence-corrected chi connectivity index (χ2v) is 5.83. The lowest BCUT2D eigenvalue weighted by Gasteiger charge is -2.29. The molecule has 2 aliphatic rings. The van der Waals surface area contributed by atoms with Crippen molar-refractivity contribution in [3.8, 4) is 5.75 Å². The van der Waals surface area contributed by atoms with Crippen LogP contribution in [0.5, 0.6) is 5.75 Å². The van der Waals surface area contributed by atoms with Crippen LogP contribution in [0.15, 0.2) is 23.8 Å². The Labute approximate surface area is 122 Å². The lowest BCUT2D eigenvalue weighted by molar-refractivity contribution is -0.222. The van der Waals surface area contributed by atoms with Gasteiger partial charge in [-0.25, -0.2) is 9.59 Å². The van der Waals surface area contributed by atoms with E-state index in [1.54, 1.807) is 12.1 Å². The van der Waals surface area contributed by atoms with Crippen LogP contribution in [0.4, 0.5) is 0 Å². The topological polar surface area (TPSA) is 72.8 Å². The van der Waals surface area contributed by atoms with Gasteiger partial charge in [-0.15, -0.1) is 0 Å². The molecule has 1 heterocycles. The molecule has 1 aromatic carbocycles. The van der Waals surface area contributed by atoms with Gasteiger partial charge in [-0.05, 0) is 36.5 Å². The molecule has 1 aromatic rings. The van der Waals surface area contributed by atoms with Crippen molar-refractivity contribution in [2.75, 3.05) is 0 Å². The monoisotopic (exact) mass is 288 g/mol. The molecule has 0 amide bonds. The summed E-state index contributed by atoms with van der Waals surface area (Å²) in [5.74, 6) is -2.20. The number of rotatable bonds is 2. The van der Waals surface area contributed by atoms with Gasteiger partial charge in [0.15, 0.2) is 0 Å². The first-order valence-corrected chi connectivity index (χ1v) is 6.87. The van der Waals surface area contributed by atoms with Gasteiger partial charge in [0.25, 0.3) is 5.79 Å². The second kappa shape index (κ2) is 4.62. The van der Waals surface area contributed by atoms with E-state index in [1.807, 2.05) is 6.07 Å². The number of aromatic hydroxyl groups is 1. The van der Waals surface area contributed by atoms with Crippen molar-refractivity contribution in [3.63, 3.8) is 0 Å². The maximum Gasteiger partial charge on any atom is 0.348 e. The highest BCUT2D eigenvalue weighted by molar-refractivity contribution is 6.19. The predicted molar refractivity (Wildman–Crippen MR) is 74.3 cm³/mol. The lowest BCUT2D eigenvalue weighted by atomic mass is 10.0. The zero-order chi connectivity index (χ0) is 15.2. The van der Waals surface area contributed by atoms with E-state index in [0.29, 0.717) is 11.5 Å². The van der Waals surface area contributed by atoms with Crippen LogP contribution in [0.3, 0.4) is 0 Å². The van der Waals surface area contributed by atoms with Gasteiger partial charge in [0.05, 0.1) is 0 Å². The first kappa shape index (κ1) is 13.7. The number of cyclic esters (lactones) is 2. The minimum Gasteiger partial charge on any atom is -0.507 e. The number of carbonyl (C=O) groups excluding carboxylic acids is 2. The molecule has 0 atom stereocenters. The van der Waals surface area contributed by atoms with Crippen LogP contribution >= 0.6 is 0 Å². The van der Waals surface area contributed by atoms with E-state index in [4.69, 9.17) is 9.47 Å². The molecule has 5 heteroatoms. The van der Waals surface area contributed by atoms with Crippen molar-refractivity contribution in [1.29, 1.82) is 0 Å². The summed E-state index contributed by atoms with van der Waals surface area (Å²) < 4.78 is 10.0. The minimum absolute atomic E-state index is 0.0392. The largest absolute Gasteiger partial charge is 0.507 e. The molecule has 5 nitrogen and oxygen atoms in total. The Balaban J connectivity index is 1.90. The summed E-state index contributed by atoms with van der Waals surface area (Å²) in [6.07, 6.45) is 3.56. The highest BCUT2D eigenvalue weighted by Crippen LogP contribution is 2.41. The summed E-state index contributed by atoms with van der Waals surface area (Å²) in [4.78, 5) is 23.7. The van der Waals surface area contributed by atoms with Crippen molar-refractivity contribution in [1.82, 2.24) is 0 Å². The molecule has 0 spiro atoms. The molecular formula is C16H16O5. The minimum atomic E-state index is -1.26. The van der Waals surface area contributed by atoms with Crippen molar-refractivity contribution in [3.05, 3.63) is 34.9 Å². The van der Waals surface area contributed by atoms with E-state index in [9.17, 15) is 14.7 Å². The molecule has 2 fully saturated rings. The molecule has 3 rings (SSSR count). The third-order valence-corrected chi connectivity index (χ3v) is 3.52. The Morgan fingerprint density at radius 1 is 1.19 bits per heavy atom. The van der Waals surface area contributed by atoms with Gasteiger partial charge < -0.3 is 14.6 Å². The van der Waals surface area contributed by atoms with Crippen LogP contribution in [0.2, 0.25) is 0 Å². The number of ether oxygens (including phenoxy) is 2. The molecule has 0 unspecified atom stereocenters. The number of esters is 2. The van der Waals surface area contributed by atoms with Crippen molar-refractivity contribution < 1.29 is 24.2 Å². The fraction of sp³-hybridized carbons (Fsp3) is 0.375. The Kier molecular flexibility index (Phi) is 3.01. The molecule has 0 radical (unpaired) electrons. The maximum atomic E-state index is 11.8. The van der Waals surface area contributed by atoms with Crippen LogP contribution in [0.25, 0.3) is 6.08 Å². The third kappa shape index (κ3) is 2.77. The fourth-order valence-corrected chi connectivity index (χ4v) is 2.29. The van der Waals surface area contributed by atoms with Crippen LogP contribution in [-0.4, -0.2) is 22.8 Å². The average Bonchev–Trinajstić information content (AvgIpc) is 3.18. The summed E-state index contributed by atoms with van der Waals surface area (Å²) in [6.45, 7) is 2.98. The number of carbonyl (C=O) groups is 2. The average molecular weight is 288 g/mol. The van der Waals surface area contributed by atoms with Crippen LogP contribution in [0.1, 0.15) is 43.7 Å². The van der Waals surface area contributed by atoms with Crippen LogP contribution in [-0.2, 0) is 19.1 Å². The Morgan fingerprint density at radius 2 is 1.81 bits per heavy atom. The summed E-state index contributed by atoms with van der Waals surface area (Å²) >= 11 is 0. The van der Waals surface area contributed by atoms with Crippen LogP contribution in [0, 0.1) is 0 Å². The Morgan fingerprint density at radius 3 is 2.33 bits per heavy atom. The lowest BCUT2D eigenvalue weighted by Crippen LogP contribution is -2.41. The van der Waals surface area contributed by atoms with Gasteiger partial charge in [0.2, 0.25) is 0 Å². The van der Waals surface area contributed by atoms with E-state index in [1.165, 1.54) is 19.9 Å². The molecule has 1 N–H and O–H groups in total. The number of phenolic OH excluding ortho intramolecular Hbond substituents is 1. The highest BCUT2D eigenvalue weighted by Gasteiger charge is 2.39. The fourth-order valence-electron chi connectivity index (χ4n) is 2.29. The van der Waals surface area contributed by atoms with Crippen LogP contribution < -0.4 is 0 Å². The van der Waals surface area contributed by atoms with Crippen molar-refractivity contribution in [2.45, 2.75) is 38.4 Å². The smallest absolute Gasteiger partial charge is 0.348 e. The summed E-state index contributed by atoms with van der Waals surface area (Å²) in [5, 5.41) is 10.0. The third-order valence-electron chi connectivity index (χ3n) is 3.52. The molecule has 1 aliphatic heterocycles. The van der Waals surface area contributed by atoms with Gasteiger partial charge >= 0.3 is 11.9 Å². The zero-order valence-corrected chi connectivity index (χ0v) is 11.9. The second-order valence-electron chi connectivity index (χ2n) is 5.83. The maximum absolute atomic E-state index is 11.8. The van der Waals surface area contributed by atoms with E-state index in [2.05, 4.69) is 0 Å². The van der Waals surface area contributed by atoms with E-state index >= 15 is 0 Å². The van der Waals surface area contributed by atoms with E-state index in [-0.39, 0.29) is 11.3 Å². The molecule has 0 aromatic heterocycles. The molecule has 1 saturated carbocycles. The molecule has 1 saturated heterocycles. The standard InChI is InChI=1S/C16H16O5/c1-16(2)20-14(18)12(15(19)21-16)7-11-6-5-10(8-13(11)17)9-3-4-9/h5-9,17H,3-4H2,1-2H3.